The molecule has 0 aromatic heterocycles. The van der Waals surface area contributed by atoms with Crippen LogP contribution in [-0.4, -0.2) is 37.2 Å². The monoisotopic (exact) mass is 893 g/mol. The van der Waals surface area contributed by atoms with Crippen molar-refractivity contribution in [3.8, 4) is 0 Å². The Kier molecular flexibility index (Phi) is 49.9. The third-order valence-electron chi connectivity index (χ3n) is 11.4. The molecule has 6 nitrogen and oxygen atoms in total. The molecule has 0 aliphatic carbocycles. The summed E-state index contributed by atoms with van der Waals surface area (Å²) in [4.78, 5) is 38.0. The minimum atomic E-state index is -0.809. The lowest BCUT2D eigenvalue weighted by atomic mass is 10.0. The quantitative estimate of drug-likeness (QED) is 0.0262. The van der Waals surface area contributed by atoms with Gasteiger partial charge in [-0.3, -0.25) is 14.4 Å². The average Bonchev–Trinajstić information content (AvgIpc) is 3.29. The Bertz CT molecular complexity index is 1210. The summed E-state index contributed by atoms with van der Waals surface area (Å²) in [5.74, 6) is -0.992. The van der Waals surface area contributed by atoms with E-state index in [1.165, 1.54) is 135 Å². The molecule has 0 radical (unpaired) electrons. The van der Waals surface area contributed by atoms with Gasteiger partial charge < -0.3 is 14.2 Å². The minimum Gasteiger partial charge on any atom is -0.462 e. The van der Waals surface area contributed by atoms with Crippen molar-refractivity contribution < 1.29 is 28.6 Å². The molecule has 0 heterocycles. The second kappa shape index (κ2) is 52.5. The molecule has 0 aromatic carbocycles. The van der Waals surface area contributed by atoms with E-state index < -0.39 is 6.10 Å². The predicted octanol–water partition coefficient (Wildman–Crippen LogP) is 17.8. The summed E-state index contributed by atoms with van der Waals surface area (Å²) in [7, 11) is 0. The van der Waals surface area contributed by atoms with Crippen LogP contribution in [0, 0.1) is 0 Å². The number of carbonyl (C=O) groups excluding carboxylic acids is 3. The highest BCUT2D eigenvalue weighted by Gasteiger charge is 2.19. The van der Waals surface area contributed by atoms with Gasteiger partial charge in [0.25, 0.3) is 0 Å². The van der Waals surface area contributed by atoms with Crippen molar-refractivity contribution in [1.29, 1.82) is 0 Å². The Morgan fingerprint density at radius 3 is 1.05 bits per heavy atom. The van der Waals surface area contributed by atoms with Crippen molar-refractivity contribution in [1.82, 2.24) is 0 Å². The van der Waals surface area contributed by atoms with Gasteiger partial charge in [0.2, 0.25) is 0 Å². The first kappa shape index (κ1) is 60.9. The second-order valence-electron chi connectivity index (χ2n) is 17.8. The summed E-state index contributed by atoms with van der Waals surface area (Å²) in [6.45, 7) is 6.45. The molecule has 0 N–H and O–H groups in total. The lowest BCUT2D eigenvalue weighted by Crippen LogP contribution is -2.30. The molecule has 0 aromatic rings. The lowest BCUT2D eigenvalue weighted by molar-refractivity contribution is -0.167. The molecule has 1 unspecified atom stereocenters. The van der Waals surface area contributed by atoms with Gasteiger partial charge in [-0.2, -0.15) is 0 Å². The molecule has 1 atom stereocenters. The summed E-state index contributed by atoms with van der Waals surface area (Å²) in [6, 6.07) is 0. The Morgan fingerprint density at radius 2 is 0.625 bits per heavy atom. The molecule has 0 bridgehead atoms. The zero-order valence-electron chi connectivity index (χ0n) is 42.0. The predicted molar refractivity (Wildman–Crippen MR) is 274 cm³/mol. The number of allylic oxidation sites excluding steroid dienone is 12. The average molecular weight is 893 g/mol. The van der Waals surface area contributed by atoms with Crippen molar-refractivity contribution >= 4 is 17.9 Å². The third kappa shape index (κ3) is 49.9. The van der Waals surface area contributed by atoms with E-state index in [-0.39, 0.29) is 37.5 Å². The Hall–Kier alpha value is -3.15. The summed E-state index contributed by atoms with van der Waals surface area (Å²) in [6.07, 6.45) is 66.2. The molecule has 64 heavy (non-hydrogen) atoms. The molecular formula is C58H100O6. The molecule has 0 rings (SSSR count). The highest BCUT2D eigenvalue weighted by Crippen LogP contribution is 2.15. The molecule has 0 aliphatic heterocycles. The fourth-order valence-corrected chi connectivity index (χ4v) is 7.41. The first-order valence-corrected chi connectivity index (χ1v) is 26.9. The van der Waals surface area contributed by atoms with E-state index >= 15 is 0 Å². The number of ether oxygens (including phenoxy) is 3. The van der Waals surface area contributed by atoms with Crippen molar-refractivity contribution in [2.75, 3.05) is 13.2 Å². The molecule has 0 fully saturated rings. The maximum Gasteiger partial charge on any atom is 0.306 e. The van der Waals surface area contributed by atoms with Crippen LogP contribution < -0.4 is 0 Å². The fourth-order valence-electron chi connectivity index (χ4n) is 7.41. The van der Waals surface area contributed by atoms with Crippen LogP contribution in [0.4, 0.5) is 0 Å². The van der Waals surface area contributed by atoms with E-state index in [1.807, 2.05) is 0 Å². The normalized spacial score (nSPS) is 12.6. The third-order valence-corrected chi connectivity index (χ3v) is 11.4. The van der Waals surface area contributed by atoms with Crippen LogP contribution in [0.3, 0.4) is 0 Å². The van der Waals surface area contributed by atoms with E-state index in [1.54, 1.807) is 0 Å². The molecule has 0 amide bonds. The van der Waals surface area contributed by atoms with Crippen molar-refractivity contribution in [3.05, 3.63) is 72.9 Å². The van der Waals surface area contributed by atoms with Gasteiger partial charge in [-0.15, -0.1) is 0 Å². The largest absolute Gasteiger partial charge is 0.462 e. The Labute approximate surface area is 395 Å². The topological polar surface area (TPSA) is 78.9 Å². The SMILES string of the molecule is CC/C=C\C/C=C\C/C=C\CCCCC(=O)OCC(COC(=O)CCC/C=C\C/C=C\C/C=C\CCCCCCCC)OC(=O)CCCCCCCCCCCCCCCCCCC. The van der Waals surface area contributed by atoms with E-state index in [9.17, 15) is 14.4 Å². The van der Waals surface area contributed by atoms with Crippen molar-refractivity contribution in [2.24, 2.45) is 0 Å². The van der Waals surface area contributed by atoms with Crippen LogP contribution in [0.1, 0.15) is 258 Å². The van der Waals surface area contributed by atoms with Gasteiger partial charge in [0.15, 0.2) is 6.10 Å². The molecule has 6 heteroatoms. The highest BCUT2D eigenvalue weighted by molar-refractivity contribution is 5.71. The van der Waals surface area contributed by atoms with Gasteiger partial charge in [-0.1, -0.05) is 229 Å². The standard InChI is InChI=1S/C58H100O6/c1-4-7-10-13-16-19-22-25-27-29-31-33-36-39-42-45-48-51-57(60)63-54-55(53-62-56(59)50-47-44-41-38-35-24-21-18-15-12-9-6-3)64-58(61)52-49-46-43-40-37-34-32-30-28-26-23-20-17-14-11-8-5-2/h9,12,18,21,25,27,31,33,35,38-39,42,55H,4-8,10-11,13-17,19-20,22-24,26,28-30,32,34,36-37,40-41,43-54H2,1-3H3/b12-9-,21-18-,27-25-,33-31-,38-35-,42-39-. The maximum absolute atomic E-state index is 12.8. The Balaban J connectivity index is 4.46. The first-order valence-electron chi connectivity index (χ1n) is 26.9. The van der Waals surface area contributed by atoms with Crippen LogP contribution >= 0.6 is 0 Å². The highest BCUT2D eigenvalue weighted by atomic mass is 16.6. The summed E-state index contributed by atoms with van der Waals surface area (Å²) in [5, 5.41) is 0. The summed E-state index contributed by atoms with van der Waals surface area (Å²) in [5.41, 5.74) is 0. The van der Waals surface area contributed by atoms with Gasteiger partial charge in [-0.25, -0.2) is 0 Å². The number of unbranched alkanes of at least 4 members (excludes halogenated alkanes) is 25. The van der Waals surface area contributed by atoms with Crippen LogP contribution in [-0.2, 0) is 28.6 Å². The second-order valence-corrected chi connectivity index (χ2v) is 17.8. The molecule has 0 aliphatic rings. The number of hydrogen-bond acceptors (Lipinski definition) is 6. The number of esters is 3. The summed E-state index contributed by atoms with van der Waals surface area (Å²) < 4.78 is 16.7. The number of rotatable bonds is 48. The van der Waals surface area contributed by atoms with E-state index in [4.69, 9.17) is 14.2 Å². The van der Waals surface area contributed by atoms with Crippen LogP contribution in [0.25, 0.3) is 0 Å². The van der Waals surface area contributed by atoms with Gasteiger partial charge in [0.1, 0.15) is 13.2 Å². The Morgan fingerprint density at radius 1 is 0.328 bits per heavy atom. The van der Waals surface area contributed by atoms with Gasteiger partial charge in [0, 0.05) is 19.3 Å². The zero-order valence-corrected chi connectivity index (χ0v) is 42.0. The first-order chi connectivity index (χ1) is 31.5. The van der Waals surface area contributed by atoms with E-state index in [2.05, 4.69) is 93.7 Å². The van der Waals surface area contributed by atoms with Crippen LogP contribution in [0.2, 0.25) is 0 Å². The van der Waals surface area contributed by atoms with Crippen LogP contribution in [0.15, 0.2) is 72.9 Å². The molecule has 368 valence electrons. The molecular weight excluding hydrogens is 793 g/mol. The molecule has 0 spiro atoms. The number of hydrogen-bond donors (Lipinski definition) is 0. The van der Waals surface area contributed by atoms with E-state index in [0.29, 0.717) is 19.3 Å². The molecule has 0 saturated carbocycles. The van der Waals surface area contributed by atoms with Gasteiger partial charge in [0.05, 0.1) is 0 Å². The fraction of sp³-hybridized carbons (Fsp3) is 0.741. The smallest absolute Gasteiger partial charge is 0.306 e. The van der Waals surface area contributed by atoms with Gasteiger partial charge in [-0.05, 0) is 83.5 Å². The van der Waals surface area contributed by atoms with Crippen LogP contribution in [0.5, 0.6) is 0 Å². The van der Waals surface area contributed by atoms with E-state index in [0.717, 1.165) is 77.0 Å². The molecule has 0 saturated heterocycles. The zero-order chi connectivity index (χ0) is 46.5. The number of carbonyl (C=O) groups is 3. The summed E-state index contributed by atoms with van der Waals surface area (Å²) >= 11 is 0. The van der Waals surface area contributed by atoms with Crippen molar-refractivity contribution in [2.45, 2.75) is 264 Å². The van der Waals surface area contributed by atoms with Gasteiger partial charge >= 0.3 is 17.9 Å². The maximum atomic E-state index is 12.8. The lowest BCUT2D eigenvalue weighted by Gasteiger charge is -2.18. The van der Waals surface area contributed by atoms with Crippen molar-refractivity contribution in [3.63, 3.8) is 0 Å². The minimum absolute atomic E-state index is 0.109.